The number of nitrogens with one attached hydrogen (secondary N) is 1. The van der Waals surface area contributed by atoms with Crippen molar-refractivity contribution < 1.29 is 14.6 Å². The van der Waals surface area contributed by atoms with Crippen molar-refractivity contribution in [2.24, 2.45) is 0 Å². The van der Waals surface area contributed by atoms with Crippen LogP contribution in [0.4, 0.5) is 0 Å². The van der Waals surface area contributed by atoms with Gasteiger partial charge in [0, 0.05) is 26.1 Å². The lowest BCUT2D eigenvalue weighted by Gasteiger charge is -2.31. The van der Waals surface area contributed by atoms with Crippen LogP contribution in [0.3, 0.4) is 0 Å². The molecule has 1 fully saturated rings. The van der Waals surface area contributed by atoms with Gasteiger partial charge in [0.1, 0.15) is 6.10 Å². The molecule has 5 heteroatoms. The Bertz CT molecular complexity index is 438. The van der Waals surface area contributed by atoms with Crippen LogP contribution in [0.5, 0.6) is 0 Å². The molecule has 0 aromatic heterocycles. The standard InChI is InChI=1S/C16H24N2O3/c1-2-18-8-9-21-15(12-18)16(20)17-11-14(19)10-13-6-4-3-5-7-13/h3-7,14-15,19H,2,8-12H2,1H3,(H,17,20). The molecule has 116 valence electrons. The number of carbonyl (C=O) groups is 1. The second-order valence-corrected chi connectivity index (χ2v) is 5.34. The maximum atomic E-state index is 12.0. The fourth-order valence-electron chi connectivity index (χ4n) is 2.44. The Kier molecular flexibility index (Phi) is 6.17. The Labute approximate surface area is 125 Å². The first kappa shape index (κ1) is 15.9. The van der Waals surface area contributed by atoms with E-state index in [1.165, 1.54) is 0 Å². The number of nitrogens with zero attached hydrogens (tertiary/aromatic N) is 1. The summed E-state index contributed by atoms with van der Waals surface area (Å²) in [5.41, 5.74) is 1.06. The molecule has 1 heterocycles. The van der Waals surface area contributed by atoms with Crippen molar-refractivity contribution in [1.29, 1.82) is 0 Å². The average molecular weight is 292 g/mol. The fraction of sp³-hybridized carbons (Fsp3) is 0.562. The number of hydrogen-bond acceptors (Lipinski definition) is 4. The molecule has 1 amide bonds. The zero-order valence-electron chi connectivity index (χ0n) is 12.5. The number of hydrogen-bond donors (Lipinski definition) is 2. The van der Waals surface area contributed by atoms with Crippen molar-refractivity contribution in [3.8, 4) is 0 Å². The summed E-state index contributed by atoms with van der Waals surface area (Å²) < 4.78 is 5.49. The molecule has 1 aromatic rings. The lowest BCUT2D eigenvalue weighted by atomic mass is 10.1. The molecule has 2 N–H and O–H groups in total. The summed E-state index contributed by atoms with van der Waals surface area (Å²) in [4.78, 5) is 14.2. The van der Waals surface area contributed by atoms with Crippen LogP contribution in [0.25, 0.3) is 0 Å². The zero-order valence-corrected chi connectivity index (χ0v) is 12.5. The molecule has 5 nitrogen and oxygen atoms in total. The topological polar surface area (TPSA) is 61.8 Å². The van der Waals surface area contributed by atoms with Gasteiger partial charge < -0.3 is 15.2 Å². The number of benzene rings is 1. The normalized spacial score (nSPS) is 21.0. The predicted octanol–water partition coefficient (Wildman–Crippen LogP) is 0.427. The predicted molar refractivity (Wildman–Crippen MR) is 81.0 cm³/mol. The summed E-state index contributed by atoms with van der Waals surface area (Å²) >= 11 is 0. The minimum absolute atomic E-state index is 0.139. The van der Waals surface area contributed by atoms with Crippen molar-refractivity contribution in [3.63, 3.8) is 0 Å². The number of carbonyl (C=O) groups excluding carboxylic acids is 1. The quantitative estimate of drug-likeness (QED) is 0.798. The monoisotopic (exact) mass is 292 g/mol. The van der Waals surface area contributed by atoms with E-state index < -0.39 is 12.2 Å². The van der Waals surface area contributed by atoms with Crippen LogP contribution in [-0.4, -0.2) is 60.9 Å². The van der Waals surface area contributed by atoms with Crippen molar-refractivity contribution in [3.05, 3.63) is 35.9 Å². The third-order valence-electron chi connectivity index (χ3n) is 3.72. The van der Waals surface area contributed by atoms with E-state index in [0.717, 1.165) is 18.7 Å². The van der Waals surface area contributed by atoms with Crippen LogP contribution < -0.4 is 5.32 Å². The second-order valence-electron chi connectivity index (χ2n) is 5.34. The second kappa shape index (κ2) is 8.12. The first-order chi connectivity index (χ1) is 10.2. The molecule has 0 bridgehead atoms. The number of rotatable bonds is 6. The third kappa shape index (κ3) is 5.12. The summed E-state index contributed by atoms with van der Waals surface area (Å²) in [5, 5.41) is 12.8. The molecule has 0 saturated carbocycles. The number of amides is 1. The molecular weight excluding hydrogens is 268 g/mol. The first-order valence-corrected chi connectivity index (χ1v) is 7.52. The van der Waals surface area contributed by atoms with E-state index in [1.807, 2.05) is 30.3 Å². The Morgan fingerprint density at radius 2 is 2.24 bits per heavy atom. The van der Waals surface area contributed by atoms with Gasteiger partial charge in [0.15, 0.2) is 0 Å². The highest BCUT2D eigenvalue weighted by atomic mass is 16.5. The first-order valence-electron chi connectivity index (χ1n) is 7.52. The van der Waals surface area contributed by atoms with Crippen LogP contribution in [-0.2, 0) is 16.0 Å². The van der Waals surface area contributed by atoms with Gasteiger partial charge in [-0.3, -0.25) is 9.69 Å². The highest BCUT2D eigenvalue weighted by Crippen LogP contribution is 2.06. The molecule has 2 unspecified atom stereocenters. The van der Waals surface area contributed by atoms with Crippen LogP contribution in [0.15, 0.2) is 30.3 Å². The van der Waals surface area contributed by atoms with Crippen molar-refractivity contribution >= 4 is 5.91 Å². The Balaban J connectivity index is 1.73. The van der Waals surface area contributed by atoms with E-state index in [0.29, 0.717) is 19.6 Å². The summed E-state index contributed by atoms with van der Waals surface area (Å²) in [6.45, 7) is 5.32. The molecule has 2 rings (SSSR count). The van der Waals surface area contributed by atoms with E-state index >= 15 is 0 Å². The van der Waals surface area contributed by atoms with Crippen LogP contribution >= 0.6 is 0 Å². The van der Waals surface area contributed by atoms with E-state index in [-0.39, 0.29) is 12.5 Å². The van der Waals surface area contributed by atoms with Crippen molar-refractivity contribution in [2.75, 3.05) is 32.8 Å². The maximum absolute atomic E-state index is 12.0. The van der Waals surface area contributed by atoms with Crippen LogP contribution in [0.1, 0.15) is 12.5 Å². The van der Waals surface area contributed by atoms with Gasteiger partial charge in [-0.15, -0.1) is 0 Å². The molecule has 0 aliphatic carbocycles. The van der Waals surface area contributed by atoms with Gasteiger partial charge >= 0.3 is 0 Å². The van der Waals surface area contributed by atoms with E-state index in [2.05, 4.69) is 17.1 Å². The molecule has 1 aliphatic heterocycles. The lowest BCUT2D eigenvalue weighted by molar-refractivity contribution is -0.138. The number of ether oxygens (including phenoxy) is 1. The highest BCUT2D eigenvalue weighted by Gasteiger charge is 2.25. The minimum atomic E-state index is -0.581. The Morgan fingerprint density at radius 1 is 1.48 bits per heavy atom. The number of aliphatic hydroxyl groups excluding tert-OH is 1. The number of morpholine rings is 1. The zero-order chi connectivity index (χ0) is 15.1. The van der Waals surface area contributed by atoms with E-state index in [1.54, 1.807) is 0 Å². The van der Waals surface area contributed by atoms with E-state index in [4.69, 9.17) is 4.74 Å². The third-order valence-corrected chi connectivity index (χ3v) is 3.72. The lowest BCUT2D eigenvalue weighted by Crippen LogP contribution is -2.50. The smallest absolute Gasteiger partial charge is 0.250 e. The molecule has 1 aliphatic rings. The molecule has 0 radical (unpaired) electrons. The largest absolute Gasteiger partial charge is 0.391 e. The van der Waals surface area contributed by atoms with E-state index in [9.17, 15) is 9.90 Å². The Morgan fingerprint density at radius 3 is 2.95 bits per heavy atom. The molecule has 2 atom stereocenters. The van der Waals surface area contributed by atoms with Crippen LogP contribution in [0, 0.1) is 0 Å². The summed E-state index contributed by atoms with van der Waals surface area (Å²) in [6.07, 6.45) is -0.474. The Hall–Kier alpha value is -1.43. The van der Waals surface area contributed by atoms with Gasteiger partial charge in [-0.2, -0.15) is 0 Å². The van der Waals surface area contributed by atoms with Gasteiger partial charge in [-0.25, -0.2) is 0 Å². The average Bonchev–Trinajstić information content (AvgIpc) is 2.53. The van der Waals surface area contributed by atoms with Gasteiger partial charge in [0.05, 0.1) is 12.7 Å². The molecular formula is C16H24N2O3. The fourth-order valence-corrected chi connectivity index (χ4v) is 2.44. The van der Waals surface area contributed by atoms with Crippen molar-refractivity contribution in [1.82, 2.24) is 10.2 Å². The number of aliphatic hydroxyl groups is 1. The van der Waals surface area contributed by atoms with Gasteiger partial charge in [0.25, 0.3) is 5.91 Å². The van der Waals surface area contributed by atoms with Crippen molar-refractivity contribution in [2.45, 2.75) is 25.6 Å². The molecule has 0 spiro atoms. The van der Waals surface area contributed by atoms with Gasteiger partial charge in [-0.05, 0) is 12.1 Å². The SMILES string of the molecule is CCN1CCOC(C(=O)NCC(O)Cc2ccccc2)C1. The van der Waals surface area contributed by atoms with Crippen LogP contribution in [0.2, 0.25) is 0 Å². The van der Waals surface area contributed by atoms with Gasteiger partial charge in [0.2, 0.25) is 0 Å². The minimum Gasteiger partial charge on any atom is -0.391 e. The molecule has 1 aromatic carbocycles. The van der Waals surface area contributed by atoms with Gasteiger partial charge in [-0.1, -0.05) is 37.3 Å². The number of likely N-dealkylation sites (N-methyl/N-ethyl adjacent to an activating group) is 1. The summed E-state index contributed by atoms with van der Waals surface area (Å²) in [6, 6.07) is 9.76. The molecule has 1 saturated heterocycles. The highest BCUT2D eigenvalue weighted by molar-refractivity contribution is 5.81. The maximum Gasteiger partial charge on any atom is 0.250 e. The molecule has 21 heavy (non-hydrogen) atoms. The summed E-state index contributed by atoms with van der Waals surface area (Å²) in [5.74, 6) is -0.139. The summed E-state index contributed by atoms with van der Waals surface area (Å²) in [7, 11) is 0.